The summed E-state index contributed by atoms with van der Waals surface area (Å²) in [5.41, 5.74) is 7.15. The number of hydrogen-bond donors (Lipinski definition) is 1. The first-order chi connectivity index (χ1) is 14.1. The van der Waals surface area contributed by atoms with Crippen molar-refractivity contribution in [1.29, 1.82) is 0 Å². The number of nitrogens with one attached hydrogen (secondary N) is 1. The zero-order chi connectivity index (χ0) is 20.0. The second-order valence-corrected chi connectivity index (χ2v) is 8.51. The van der Waals surface area contributed by atoms with E-state index in [1.807, 2.05) is 18.5 Å². The zero-order valence-corrected chi connectivity index (χ0v) is 17.4. The van der Waals surface area contributed by atoms with Gasteiger partial charge in [-0.2, -0.15) is 0 Å². The molecule has 0 amide bonds. The van der Waals surface area contributed by atoms with E-state index in [-0.39, 0.29) is 5.54 Å². The molecule has 3 heterocycles. The number of hydrogen-bond acceptors (Lipinski definition) is 4. The number of allylic oxidation sites excluding steroid dienone is 3. The lowest BCUT2D eigenvalue weighted by atomic mass is 9.91. The second-order valence-electron chi connectivity index (χ2n) is 8.51. The Labute approximate surface area is 171 Å². The van der Waals surface area contributed by atoms with Crippen molar-refractivity contribution < 1.29 is 0 Å². The average molecular weight is 386 g/mol. The quantitative estimate of drug-likeness (QED) is 0.679. The van der Waals surface area contributed by atoms with Crippen LogP contribution in [0.3, 0.4) is 0 Å². The fraction of sp³-hybridized carbons (Fsp3) is 0.375. The minimum Gasteiger partial charge on any atom is -0.359 e. The molecule has 29 heavy (non-hydrogen) atoms. The summed E-state index contributed by atoms with van der Waals surface area (Å²) in [6.07, 6.45) is 10.3. The van der Waals surface area contributed by atoms with Gasteiger partial charge in [0.2, 0.25) is 0 Å². The molecule has 1 aliphatic carbocycles. The van der Waals surface area contributed by atoms with Crippen LogP contribution in [0, 0.1) is 6.92 Å². The fourth-order valence-electron chi connectivity index (χ4n) is 4.79. The topological polar surface area (TPSA) is 57.7 Å². The predicted octanol–water partition coefficient (Wildman–Crippen LogP) is 5.12. The molecule has 1 atom stereocenters. The Morgan fingerprint density at radius 1 is 1.07 bits per heavy atom. The van der Waals surface area contributed by atoms with Crippen molar-refractivity contribution in [1.82, 2.24) is 24.8 Å². The lowest BCUT2D eigenvalue weighted by molar-refractivity contribution is 0.202. The SMILES string of the molecule is CC1=CC(N2CCC[C@@]2(C)c2nc3c(C)cccc3[nH]2)=C(c2ncccn2)CC1. The Morgan fingerprint density at radius 3 is 2.69 bits per heavy atom. The minimum atomic E-state index is -0.172. The number of para-hydroxylation sites is 1. The van der Waals surface area contributed by atoms with Crippen LogP contribution in [0.15, 0.2) is 54.0 Å². The van der Waals surface area contributed by atoms with Crippen LogP contribution in [0.2, 0.25) is 0 Å². The summed E-state index contributed by atoms with van der Waals surface area (Å²) in [4.78, 5) is 20.4. The van der Waals surface area contributed by atoms with Crippen molar-refractivity contribution in [2.45, 2.75) is 52.0 Å². The van der Waals surface area contributed by atoms with Gasteiger partial charge in [0.25, 0.3) is 0 Å². The Kier molecular flexibility index (Phi) is 4.26. The van der Waals surface area contributed by atoms with Gasteiger partial charge < -0.3 is 9.88 Å². The third-order valence-corrected chi connectivity index (χ3v) is 6.45. The first-order valence-corrected chi connectivity index (χ1v) is 10.5. The molecule has 1 saturated heterocycles. The van der Waals surface area contributed by atoms with Crippen LogP contribution in [0.25, 0.3) is 16.6 Å². The molecule has 1 fully saturated rings. The van der Waals surface area contributed by atoms with Gasteiger partial charge in [-0.05, 0) is 70.2 Å². The highest BCUT2D eigenvalue weighted by molar-refractivity contribution is 5.78. The maximum atomic E-state index is 5.06. The van der Waals surface area contributed by atoms with Crippen molar-refractivity contribution in [3.8, 4) is 0 Å². The van der Waals surface area contributed by atoms with Crippen molar-refractivity contribution in [2.75, 3.05) is 6.54 Å². The lowest BCUT2D eigenvalue weighted by Gasteiger charge is -2.38. The van der Waals surface area contributed by atoms with E-state index in [4.69, 9.17) is 4.98 Å². The standard InChI is InChI=1S/C24H27N5/c1-16-9-10-18(22-25-12-6-13-26-22)20(15-16)29-14-5-11-24(29,3)23-27-19-8-4-7-17(2)21(19)28-23/h4,6-8,12-13,15H,5,9-11,14H2,1-3H3,(H,27,28)/t24-/m0/s1. The van der Waals surface area contributed by atoms with E-state index in [1.54, 1.807) is 0 Å². The number of imidazole rings is 1. The van der Waals surface area contributed by atoms with Gasteiger partial charge >= 0.3 is 0 Å². The summed E-state index contributed by atoms with van der Waals surface area (Å²) in [5.74, 6) is 1.90. The van der Waals surface area contributed by atoms with Crippen molar-refractivity contribution >= 4 is 16.6 Å². The molecule has 3 aromatic rings. The molecule has 5 rings (SSSR count). The van der Waals surface area contributed by atoms with E-state index in [0.29, 0.717) is 0 Å². The molecule has 0 radical (unpaired) electrons. The van der Waals surface area contributed by atoms with Gasteiger partial charge in [-0.25, -0.2) is 15.0 Å². The second kappa shape index (κ2) is 6.83. The van der Waals surface area contributed by atoms with Gasteiger partial charge in [-0.15, -0.1) is 0 Å². The Balaban J connectivity index is 1.65. The summed E-state index contributed by atoms with van der Waals surface area (Å²) in [5, 5.41) is 0. The zero-order valence-electron chi connectivity index (χ0n) is 17.4. The molecule has 1 aliphatic heterocycles. The Morgan fingerprint density at radius 2 is 1.90 bits per heavy atom. The highest BCUT2D eigenvalue weighted by Crippen LogP contribution is 2.44. The third-order valence-electron chi connectivity index (χ3n) is 6.45. The number of benzene rings is 1. The maximum absolute atomic E-state index is 5.06. The summed E-state index contributed by atoms with van der Waals surface area (Å²) in [6, 6.07) is 8.22. The molecule has 148 valence electrons. The molecule has 2 aliphatic rings. The van der Waals surface area contributed by atoms with Crippen LogP contribution in [0.4, 0.5) is 0 Å². The molecule has 1 N–H and O–H groups in total. The first kappa shape index (κ1) is 18.1. The average Bonchev–Trinajstić information content (AvgIpc) is 3.34. The molecule has 5 nitrogen and oxygen atoms in total. The van der Waals surface area contributed by atoms with Crippen molar-refractivity contribution in [3.63, 3.8) is 0 Å². The van der Waals surface area contributed by atoms with Crippen LogP contribution in [-0.4, -0.2) is 31.4 Å². The largest absolute Gasteiger partial charge is 0.359 e. The summed E-state index contributed by atoms with van der Waals surface area (Å²) in [6.45, 7) is 7.69. The molecule has 1 aromatic carbocycles. The lowest BCUT2D eigenvalue weighted by Crippen LogP contribution is -2.39. The summed E-state index contributed by atoms with van der Waals surface area (Å²) in [7, 11) is 0. The van der Waals surface area contributed by atoms with Crippen LogP contribution in [0.5, 0.6) is 0 Å². The predicted molar refractivity (Wildman–Crippen MR) is 116 cm³/mol. The highest BCUT2D eigenvalue weighted by atomic mass is 15.3. The third kappa shape index (κ3) is 2.96. The molecule has 0 saturated carbocycles. The van der Waals surface area contributed by atoms with Crippen molar-refractivity contribution in [3.05, 3.63) is 71.2 Å². The number of rotatable bonds is 3. The van der Waals surface area contributed by atoms with Crippen LogP contribution >= 0.6 is 0 Å². The van der Waals surface area contributed by atoms with E-state index >= 15 is 0 Å². The van der Waals surface area contributed by atoms with E-state index in [9.17, 15) is 0 Å². The maximum Gasteiger partial charge on any atom is 0.157 e. The number of nitrogens with zero attached hydrogens (tertiary/aromatic N) is 4. The number of aromatic amines is 1. The molecular weight excluding hydrogens is 358 g/mol. The van der Waals surface area contributed by atoms with Gasteiger partial charge in [0, 0.05) is 30.2 Å². The van der Waals surface area contributed by atoms with E-state index in [0.717, 1.165) is 54.9 Å². The van der Waals surface area contributed by atoms with Gasteiger partial charge in [0.1, 0.15) is 5.82 Å². The number of aromatic nitrogens is 4. The summed E-state index contributed by atoms with van der Waals surface area (Å²) >= 11 is 0. The normalized spacial score (nSPS) is 22.4. The monoisotopic (exact) mass is 385 g/mol. The molecular formula is C24H27N5. The van der Waals surface area contributed by atoms with E-state index < -0.39 is 0 Å². The molecule has 5 heteroatoms. The van der Waals surface area contributed by atoms with Crippen LogP contribution in [0.1, 0.15) is 56.7 Å². The first-order valence-electron chi connectivity index (χ1n) is 10.5. The minimum absolute atomic E-state index is 0.172. The van der Waals surface area contributed by atoms with Gasteiger partial charge in [-0.3, -0.25) is 0 Å². The van der Waals surface area contributed by atoms with Crippen LogP contribution in [-0.2, 0) is 5.54 Å². The van der Waals surface area contributed by atoms with Crippen molar-refractivity contribution in [2.24, 2.45) is 0 Å². The smallest absolute Gasteiger partial charge is 0.157 e. The molecule has 0 bridgehead atoms. The van der Waals surface area contributed by atoms with Gasteiger partial charge in [-0.1, -0.05) is 17.7 Å². The van der Waals surface area contributed by atoms with E-state index in [1.165, 1.54) is 22.4 Å². The Bertz CT molecular complexity index is 1120. The van der Waals surface area contributed by atoms with Crippen LogP contribution < -0.4 is 0 Å². The van der Waals surface area contributed by atoms with E-state index in [2.05, 4.69) is 64.9 Å². The number of aryl methyl sites for hydroxylation is 1. The summed E-state index contributed by atoms with van der Waals surface area (Å²) < 4.78 is 0. The van der Waals surface area contributed by atoms with Gasteiger partial charge in [0.15, 0.2) is 5.82 Å². The molecule has 0 unspecified atom stereocenters. The highest BCUT2D eigenvalue weighted by Gasteiger charge is 2.42. The number of likely N-dealkylation sites (tertiary alicyclic amines) is 1. The van der Waals surface area contributed by atoms with Gasteiger partial charge in [0.05, 0.1) is 16.6 Å². The number of H-pyrrole nitrogens is 1. The fourth-order valence-corrected chi connectivity index (χ4v) is 4.79. The molecule has 2 aromatic heterocycles. The Hall–Kier alpha value is -2.95. The number of fused-ring (bicyclic) bond motifs is 1. The molecule has 0 spiro atoms.